The molecule has 0 bridgehead atoms. The molecule has 4 heterocycles. The number of hydrogen-bond donors (Lipinski definition) is 1. The zero-order valence-corrected chi connectivity index (χ0v) is 14.4. The van der Waals surface area contributed by atoms with Gasteiger partial charge in [-0.1, -0.05) is 0 Å². The van der Waals surface area contributed by atoms with Gasteiger partial charge in [0.25, 0.3) is 5.91 Å². The van der Waals surface area contributed by atoms with E-state index < -0.39 is 0 Å². The number of fused-ring (bicyclic) bond motifs is 3. The third kappa shape index (κ3) is 2.42. The minimum absolute atomic E-state index is 0.0685. The Hall–Kier alpha value is -2.96. The first kappa shape index (κ1) is 15.3. The minimum atomic E-state index is 0.0685. The van der Waals surface area contributed by atoms with Crippen LogP contribution in [0.5, 0.6) is 0 Å². The number of amides is 1. The van der Waals surface area contributed by atoms with Crippen molar-refractivity contribution in [2.45, 2.75) is 37.6 Å². The van der Waals surface area contributed by atoms with Crippen molar-refractivity contribution in [2.75, 3.05) is 6.54 Å². The van der Waals surface area contributed by atoms with Crippen molar-refractivity contribution in [3.05, 3.63) is 60.2 Å². The van der Waals surface area contributed by atoms with E-state index in [1.807, 2.05) is 23.2 Å². The van der Waals surface area contributed by atoms with Gasteiger partial charge >= 0.3 is 0 Å². The first-order chi connectivity index (χ1) is 12.8. The smallest absolute Gasteiger partial charge is 0.257 e. The number of aromatic nitrogens is 5. The zero-order chi connectivity index (χ0) is 17.5. The first-order valence-electron chi connectivity index (χ1n) is 9.09. The molecule has 26 heavy (non-hydrogen) atoms. The molecule has 7 nitrogen and oxygen atoms in total. The number of carbonyl (C=O) groups is 1. The lowest BCUT2D eigenvalue weighted by Gasteiger charge is -2.43. The molecule has 1 amide bonds. The van der Waals surface area contributed by atoms with E-state index in [9.17, 15) is 4.79 Å². The molecule has 0 aromatic carbocycles. The van der Waals surface area contributed by atoms with Crippen LogP contribution >= 0.6 is 0 Å². The quantitative estimate of drug-likeness (QED) is 0.771. The first-order valence-corrected chi connectivity index (χ1v) is 9.09. The van der Waals surface area contributed by atoms with Gasteiger partial charge in [-0.2, -0.15) is 5.10 Å². The van der Waals surface area contributed by atoms with Gasteiger partial charge in [-0.15, -0.1) is 0 Å². The third-order valence-electron chi connectivity index (χ3n) is 5.59. The third-order valence-corrected chi connectivity index (χ3v) is 5.59. The number of imidazole rings is 1. The van der Waals surface area contributed by atoms with Crippen molar-refractivity contribution in [1.29, 1.82) is 0 Å². The fraction of sp³-hybridized carbons (Fsp3) is 0.368. The van der Waals surface area contributed by atoms with Gasteiger partial charge in [0.05, 0.1) is 29.5 Å². The molecule has 1 N–H and O–H groups in total. The standard InChI is InChI=1S/C19H20N6O/c26-19(13-10-23-25(11-13)14-5-7-20-8-6-14)24-9-1-2-15-17(24)4-3-16-18(15)22-12-21-16/h5-8,10-12,15,17H,1-4,9H2,(H,21,22). The Balaban J connectivity index is 1.41. The number of piperidine rings is 1. The molecular weight excluding hydrogens is 328 g/mol. The molecule has 3 aromatic rings. The summed E-state index contributed by atoms with van der Waals surface area (Å²) in [5.74, 6) is 0.414. The zero-order valence-electron chi connectivity index (χ0n) is 14.4. The van der Waals surface area contributed by atoms with E-state index in [1.54, 1.807) is 29.6 Å². The molecule has 5 rings (SSSR count). The van der Waals surface area contributed by atoms with E-state index in [-0.39, 0.29) is 11.9 Å². The molecule has 2 aliphatic rings. The van der Waals surface area contributed by atoms with Crippen LogP contribution in [0.2, 0.25) is 0 Å². The average Bonchev–Trinajstić information content (AvgIpc) is 3.37. The molecule has 0 radical (unpaired) electrons. The van der Waals surface area contributed by atoms with E-state index in [2.05, 4.69) is 20.1 Å². The summed E-state index contributed by atoms with van der Waals surface area (Å²) in [5, 5.41) is 4.36. The molecule has 1 saturated heterocycles. The summed E-state index contributed by atoms with van der Waals surface area (Å²) < 4.78 is 1.73. The molecule has 1 aliphatic carbocycles. The molecule has 7 heteroatoms. The Labute approximate surface area is 151 Å². The van der Waals surface area contributed by atoms with Crippen LogP contribution in [0, 0.1) is 0 Å². The van der Waals surface area contributed by atoms with Gasteiger partial charge in [-0.3, -0.25) is 9.78 Å². The van der Waals surface area contributed by atoms with Crippen LogP contribution in [0.1, 0.15) is 46.9 Å². The number of nitrogens with zero attached hydrogens (tertiary/aromatic N) is 5. The van der Waals surface area contributed by atoms with Crippen LogP contribution < -0.4 is 0 Å². The summed E-state index contributed by atoms with van der Waals surface area (Å²) in [7, 11) is 0. The van der Waals surface area contributed by atoms with Crippen LogP contribution in [0.4, 0.5) is 0 Å². The van der Waals surface area contributed by atoms with Crippen molar-refractivity contribution >= 4 is 5.91 Å². The largest absolute Gasteiger partial charge is 0.348 e. The Morgan fingerprint density at radius 3 is 3.00 bits per heavy atom. The summed E-state index contributed by atoms with van der Waals surface area (Å²) in [6.45, 7) is 0.806. The topological polar surface area (TPSA) is 79.7 Å². The molecule has 132 valence electrons. The highest BCUT2D eigenvalue weighted by Gasteiger charge is 2.40. The summed E-state index contributed by atoms with van der Waals surface area (Å²) in [5.41, 5.74) is 3.93. The van der Waals surface area contributed by atoms with Gasteiger partial charge < -0.3 is 9.88 Å². The summed E-state index contributed by atoms with van der Waals surface area (Å²) >= 11 is 0. The van der Waals surface area contributed by atoms with Gasteiger partial charge in [-0.05, 0) is 37.8 Å². The van der Waals surface area contributed by atoms with Crippen LogP contribution in [0.25, 0.3) is 5.69 Å². The monoisotopic (exact) mass is 348 g/mol. The van der Waals surface area contributed by atoms with E-state index in [1.165, 1.54) is 5.69 Å². The molecule has 3 aromatic heterocycles. The number of hydrogen-bond acceptors (Lipinski definition) is 4. The molecule has 2 atom stereocenters. The number of pyridine rings is 1. The number of aromatic amines is 1. The second-order valence-corrected chi connectivity index (χ2v) is 7.00. The van der Waals surface area contributed by atoms with Gasteiger partial charge in [-0.25, -0.2) is 9.67 Å². The van der Waals surface area contributed by atoms with E-state index in [0.29, 0.717) is 11.5 Å². The maximum atomic E-state index is 13.2. The number of H-pyrrole nitrogens is 1. The highest BCUT2D eigenvalue weighted by molar-refractivity contribution is 5.94. The van der Waals surface area contributed by atoms with Crippen molar-refractivity contribution in [2.24, 2.45) is 0 Å². The second-order valence-electron chi connectivity index (χ2n) is 7.00. The highest BCUT2D eigenvalue weighted by Crippen LogP contribution is 2.39. The highest BCUT2D eigenvalue weighted by atomic mass is 16.2. The van der Waals surface area contributed by atoms with Crippen molar-refractivity contribution in [3.8, 4) is 5.69 Å². The number of carbonyl (C=O) groups excluding carboxylic acids is 1. The van der Waals surface area contributed by atoms with Crippen molar-refractivity contribution in [1.82, 2.24) is 29.6 Å². The molecule has 2 unspecified atom stereocenters. The summed E-state index contributed by atoms with van der Waals surface area (Å²) in [6, 6.07) is 3.98. The number of rotatable bonds is 2. The summed E-state index contributed by atoms with van der Waals surface area (Å²) in [6.07, 6.45) is 12.8. The maximum absolute atomic E-state index is 13.2. The second kappa shape index (κ2) is 6.09. The van der Waals surface area contributed by atoms with Crippen molar-refractivity contribution < 1.29 is 4.79 Å². The Morgan fingerprint density at radius 2 is 2.12 bits per heavy atom. The lowest BCUT2D eigenvalue weighted by Crippen LogP contribution is -2.49. The van der Waals surface area contributed by atoms with E-state index in [0.717, 1.165) is 43.6 Å². The predicted molar refractivity (Wildman–Crippen MR) is 95.1 cm³/mol. The van der Waals surface area contributed by atoms with Crippen LogP contribution in [0.3, 0.4) is 0 Å². The van der Waals surface area contributed by atoms with E-state index in [4.69, 9.17) is 0 Å². The molecule has 1 fully saturated rings. The molecule has 0 saturated carbocycles. The maximum Gasteiger partial charge on any atom is 0.257 e. The van der Waals surface area contributed by atoms with Crippen LogP contribution in [-0.2, 0) is 6.42 Å². The minimum Gasteiger partial charge on any atom is -0.348 e. The number of nitrogens with one attached hydrogen (secondary N) is 1. The summed E-state index contributed by atoms with van der Waals surface area (Å²) in [4.78, 5) is 27.0. The van der Waals surface area contributed by atoms with Gasteiger partial charge in [0.1, 0.15) is 0 Å². The van der Waals surface area contributed by atoms with E-state index >= 15 is 0 Å². The fourth-order valence-electron chi connectivity index (χ4n) is 4.37. The SMILES string of the molecule is O=C(c1cnn(-c2ccncc2)c1)N1CCCC2c3nc[nH]c3CCC21. The lowest BCUT2D eigenvalue weighted by molar-refractivity contribution is 0.0543. The van der Waals surface area contributed by atoms with Gasteiger partial charge in [0, 0.05) is 42.8 Å². The van der Waals surface area contributed by atoms with Gasteiger partial charge in [0.2, 0.25) is 0 Å². The van der Waals surface area contributed by atoms with Crippen molar-refractivity contribution in [3.63, 3.8) is 0 Å². The Kier molecular flexibility index (Phi) is 3.58. The van der Waals surface area contributed by atoms with Crippen LogP contribution in [-0.4, -0.2) is 48.1 Å². The number of likely N-dealkylation sites (tertiary alicyclic amines) is 1. The fourth-order valence-corrected chi connectivity index (χ4v) is 4.37. The van der Waals surface area contributed by atoms with Crippen LogP contribution in [0.15, 0.2) is 43.2 Å². The normalized spacial score (nSPS) is 21.9. The number of aryl methyl sites for hydroxylation is 1. The Bertz CT molecular complexity index is 930. The average molecular weight is 348 g/mol. The Morgan fingerprint density at radius 1 is 1.23 bits per heavy atom. The van der Waals surface area contributed by atoms with Gasteiger partial charge in [0.15, 0.2) is 0 Å². The molecule has 0 spiro atoms. The lowest BCUT2D eigenvalue weighted by atomic mass is 9.78. The predicted octanol–water partition coefficient (Wildman–Crippen LogP) is 2.33. The molecule has 1 aliphatic heterocycles. The molecular formula is C19H20N6O.